The third-order valence-corrected chi connectivity index (χ3v) is 5.07. The van der Waals surface area contributed by atoms with Crippen LogP contribution in [0.3, 0.4) is 0 Å². The van der Waals surface area contributed by atoms with E-state index >= 15 is 0 Å². The second-order valence-corrected chi connectivity index (χ2v) is 7.31. The third kappa shape index (κ3) is 2.62. The van der Waals surface area contributed by atoms with E-state index in [1.54, 1.807) is 0 Å². The molecular weight excluding hydrogens is 274 g/mol. The van der Waals surface area contributed by atoms with Crippen LogP contribution in [0, 0.1) is 5.92 Å². The van der Waals surface area contributed by atoms with E-state index in [1.807, 2.05) is 6.07 Å². The molecule has 2 aliphatic heterocycles. The molecule has 0 radical (unpaired) electrons. The minimum absolute atomic E-state index is 0.0449. The second kappa shape index (κ2) is 5.60. The monoisotopic (exact) mass is 301 g/mol. The molecule has 3 nitrogen and oxygen atoms in total. The molecule has 1 aromatic rings. The van der Waals surface area contributed by atoms with Crippen LogP contribution in [0.4, 0.5) is 0 Å². The standard InChI is InChI=1S/C19H27NO2/c1-5-6-7-8-13-10-15(21)17-16(11-13)22-19(3,4)14-9-12(2)20-18(14)17/h10-11,14,18,21H,5-9H2,1-4H3. The van der Waals surface area contributed by atoms with E-state index in [0.29, 0.717) is 11.7 Å². The first kappa shape index (κ1) is 15.4. The fourth-order valence-electron chi connectivity index (χ4n) is 3.83. The Balaban J connectivity index is 1.97. The number of unbranched alkanes of at least 4 members (excludes halogenated alkanes) is 2. The Morgan fingerprint density at radius 1 is 1.32 bits per heavy atom. The van der Waals surface area contributed by atoms with Crippen molar-refractivity contribution >= 4 is 5.71 Å². The van der Waals surface area contributed by atoms with Gasteiger partial charge in [-0.3, -0.25) is 4.99 Å². The van der Waals surface area contributed by atoms with E-state index in [-0.39, 0.29) is 11.6 Å². The van der Waals surface area contributed by atoms with Gasteiger partial charge in [-0.15, -0.1) is 0 Å². The van der Waals surface area contributed by atoms with Crippen LogP contribution in [0.15, 0.2) is 17.1 Å². The Morgan fingerprint density at radius 3 is 2.82 bits per heavy atom. The fraction of sp³-hybridized carbons (Fsp3) is 0.632. The lowest BCUT2D eigenvalue weighted by molar-refractivity contribution is 0.0189. The molecule has 0 fully saturated rings. The SMILES string of the molecule is CCCCCc1cc(O)c2c(c1)OC(C)(C)C1CC(C)=NC21. The topological polar surface area (TPSA) is 41.8 Å². The van der Waals surface area contributed by atoms with Gasteiger partial charge in [0.05, 0.1) is 11.6 Å². The Kier molecular flexibility index (Phi) is 3.92. The Bertz CT molecular complexity index is 604. The van der Waals surface area contributed by atoms with Gasteiger partial charge in [0.2, 0.25) is 0 Å². The zero-order chi connectivity index (χ0) is 15.9. The molecule has 120 valence electrons. The molecule has 1 aromatic carbocycles. The normalized spacial score (nSPS) is 25.2. The van der Waals surface area contributed by atoms with E-state index in [1.165, 1.54) is 12.8 Å². The molecule has 3 heteroatoms. The molecular formula is C19H27NO2. The zero-order valence-corrected chi connectivity index (χ0v) is 14.1. The van der Waals surface area contributed by atoms with Crippen LogP contribution in [0.1, 0.15) is 70.5 Å². The zero-order valence-electron chi connectivity index (χ0n) is 14.1. The van der Waals surface area contributed by atoms with Crippen molar-refractivity contribution in [3.63, 3.8) is 0 Å². The largest absolute Gasteiger partial charge is 0.507 e. The summed E-state index contributed by atoms with van der Waals surface area (Å²) in [5, 5.41) is 10.5. The molecule has 0 saturated heterocycles. The average molecular weight is 301 g/mol. The van der Waals surface area contributed by atoms with E-state index in [9.17, 15) is 5.11 Å². The van der Waals surface area contributed by atoms with Gasteiger partial charge in [0.15, 0.2) is 0 Å². The number of benzene rings is 1. The molecule has 0 bridgehead atoms. The van der Waals surface area contributed by atoms with E-state index in [2.05, 4.69) is 33.8 Å². The van der Waals surface area contributed by atoms with E-state index < -0.39 is 0 Å². The van der Waals surface area contributed by atoms with Gasteiger partial charge in [0.25, 0.3) is 0 Å². The number of phenols is 1. The number of phenolic OH excluding ortho intramolecular Hbond substituents is 1. The molecule has 0 spiro atoms. The molecule has 0 aliphatic carbocycles. The summed E-state index contributed by atoms with van der Waals surface area (Å²) in [5.41, 5.74) is 2.97. The van der Waals surface area contributed by atoms with Crippen molar-refractivity contribution in [2.75, 3.05) is 0 Å². The molecule has 1 N–H and O–H groups in total. The van der Waals surface area contributed by atoms with Crippen LogP contribution < -0.4 is 4.74 Å². The van der Waals surface area contributed by atoms with Crippen molar-refractivity contribution in [2.24, 2.45) is 10.9 Å². The Hall–Kier alpha value is -1.51. The highest BCUT2D eigenvalue weighted by atomic mass is 16.5. The lowest BCUT2D eigenvalue weighted by Gasteiger charge is -2.41. The van der Waals surface area contributed by atoms with Crippen LogP contribution in [-0.2, 0) is 6.42 Å². The smallest absolute Gasteiger partial charge is 0.129 e. The minimum atomic E-state index is -0.243. The van der Waals surface area contributed by atoms with Crippen LogP contribution >= 0.6 is 0 Å². The maximum absolute atomic E-state index is 10.5. The highest BCUT2D eigenvalue weighted by molar-refractivity contribution is 5.85. The third-order valence-electron chi connectivity index (χ3n) is 5.07. The van der Waals surface area contributed by atoms with Gasteiger partial charge in [-0.1, -0.05) is 19.8 Å². The first-order valence-corrected chi connectivity index (χ1v) is 8.50. The van der Waals surface area contributed by atoms with Crippen LogP contribution in [-0.4, -0.2) is 16.4 Å². The number of aromatic hydroxyl groups is 1. The second-order valence-electron chi connectivity index (χ2n) is 7.31. The molecule has 2 aliphatic rings. The summed E-state index contributed by atoms with van der Waals surface area (Å²) in [6.07, 6.45) is 5.53. The van der Waals surface area contributed by atoms with E-state index in [4.69, 9.17) is 9.73 Å². The Labute approximate surface area is 133 Å². The number of fused-ring (bicyclic) bond motifs is 3. The molecule has 0 aromatic heterocycles. The predicted molar refractivity (Wildman–Crippen MR) is 90.0 cm³/mol. The molecule has 2 atom stereocenters. The summed E-state index contributed by atoms with van der Waals surface area (Å²) >= 11 is 0. The van der Waals surface area contributed by atoms with Crippen molar-refractivity contribution < 1.29 is 9.84 Å². The number of nitrogens with zero attached hydrogens (tertiary/aromatic N) is 1. The van der Waals surface area contributed by atoms with Crippen molar-refractivity contribution in [2.45, 2.75) is 71.4 Å². The number of ether oxygens (including phenoxy) is 1. The molecule has 3 rings (SSSR count). The number of aliphatic imine (C=N–C) groups is 1. The molecule has 0 saturated carbocycles. The van der Waals surface area contributed by atoms with Crippen molar-refractivity contribution in [3.05, 3.63) is 23.3 Å². The fourth-order valence-corrected chi connectivity index (χ4v) is 3.83. The lowest BCUT2D eigenvalue weighted by Crippen LogP contribution is -2.42. The summed E-state index contributed by atoms with van der Waals surface area (Å²) in [5.74, 6) is 1.50. The van der Waals surface area contributed by atoms with Crippen LogP contribution in [0.2, 0.25) is 0 Å². The number of hydrogen-bond donors (Lipinski definition) is 1. The summed E-state index contributed by atoms with van der Waals surface area (Å²) in [4.78, 5) is 4.79. The summed E-state index contributed by atoms with van der Waals surface area (Å²) in [7, 11) is 0. The first-order chi connectivity index (χ1) is 10.4. The number of aryl methyl sites for hydroxylation is 1. The summed E-state index contributed by atoms with van der Waals surface area (Å²) in [6, 6.07) is 4.07. The molecule has 0 amide bonds. The Morgan fingerprint density at radius 2 is 2.09 bits per heavy atom. The highest BCUT2D eigenvalue weighted by Gasteiger charge is 2.47. The van der Waals surface area contributed by atoms with Gasteiger partial charge < -0.3 is 9.84 Å². The minimum Gasteiger partial charge on any atom is -0.507 e. The molecule has 22 heavy (non-hydrogen) atoms. The number of rotatable bonds is 4. The van der Waals surface area contributed by atoms with Gasteiger partial charge in [-0.2, -0.15) is 0 Å². The van der Waals surface area contributed by atoms with Gasteiger partial charge in [0.1, 0.15) is 17.1 Å². The quantitative estimate of drug-likeness (QED) is 0.810. The maximum Gasteiger partial charge on any atom is 0.129 e. The van der Waals surface area contributed by atoms with Crippen molar-refractivity contribution in [1.82, 2.24) is 0 Å². The lowest BCUT2D eigenvalue weighted by atomic mass is 9.77. The summed E-state index contributed by atoms with van der Waals surface area (Å²) < 4.78 is 6.28. The van der Waals surface area contributed by atoms with Crippen molar-refractivity contribution in [1.29, 1.82) is 0 Å². The van der Waals surface area contributed by atoms with Crippen LogP contribution in [0.5, 0.6) is 11.5 Å². The van der Waals surface area contributed by atoms with Crippen molar-refractivity contribution in [3.8, 4) is 11.5 Å². The van der Waals surface area contributed by atoms with Gasteiger partial charge in [0, 0.05) is 11.6 Å². The average Bonchev–Trinajstić information content (AvgIpc) is 2.80. The van der Waals surface area contributed by atoms with Gasteiger partial charge in [-0.05, 0) is 57.7 Å². The van der Waals surface area contributed by atoms with Gasteiger partial charge in [-0.25, -0.2) is 0 Å². The molecule has 2 heterocycles. The molecule has 2 unspecified atom stereocenters. The van der Waals surface area contributed by atoms with E-state index in [0.717, 1.165) is 41.9 Å². The van der Waals surface area contributed by atoms with Gasteiger partial charge >= 0.3 is 0 Å². The predicted octanol–water partition coefficient (Wildman–Crippen LogP) is 4.82. The maximum atomic E-state index is 10.5. The summed E-state index contributed by atoms with van der Waals surface area (Å²) in [6.45, 7) is 8.56. The van der Waals surface area contributed by atoms with Crippen LogP contribution in [0.25, 0.3) is 0 Å². The number of hydrogen-bond acceptors (Lipinski definition) is 3. The highest BCUT2D eigenvalue weighted by Crippen LogP contribution is 2.53. The first-order valence-electron chi connectivity index (χ1n) is 8.50.